The molecule has 0 radical (unpaired) electrons. The fourth-order valence-corrected chi connectivity index (χ4v) is 4.05. The van der Waals surface area contributed by atoms with Crippen LogP contribution in [-0.2, 0) is 17.9 Å². The zero-order valence-corrected chi connectivity index (χ0v) is 23.3. The predicted molar refractivity (Wildman–Crippen MR) is 146 cm³/mol. The Balaban J connectivity index is 1.76. The maximum atomic E-state index is 12.8. The summed E-state index contributed by atoms with van der Waals surface area (Å²) in [7, 11) is 4.59. The van der Waals surface area contributed by atoms with E-state index in [1.807, 2.05) is 12.1 Å². The number of hydrogen-bond donors (Lipinski definition) is 1. The Morgan fingerprint density at radius 3 is 2.38 bits per heavy atom. The highest BCUT2D eigenvalue weighted by Gasteiger charge is 2.15. The van der Waals surface area contributed by atoms with Crippen LogP contribution < -0.4 is 24.3 Å². The van der Waals surface area contributed by atoms with Gasteiger partial charge >= 0.3 is 0 Å². The summed E-state index contributed by atoms with van der Waals surface area (Å²) in [4.78, 5) is 12.8. The maximum absolute atomic E-state index is 12.8. The normalized spacial score (nSPS) is 10.9. The number of amides is 1. The average Bonchev–Trinajstić information content (AvgIpc) is 2.91. The molecule has 1 N–H and O–H groups in total. The highest BCUT2D eigenvalue weighted by atomic mass is 79.9. The number of hydrogen-bond acceptors (Lipinski definition) is 6. The zero-order valence-electron chi connectivity index (χ0n) is 20.2. The summed E-state index contributed by atoms with van der Waals surface area (Å²) in [5.74, 6) is 1.55. The first kappa shape index (κ1) is 28.2. The molecule has 10 heteroatoms. The second-order valence-corrected chi connectivity index (χ2v) is 9.26. The molecule has 1 amide bonds. The van der Waals surface area contributed by atoms with Crippen molar-refractivity contribution >= 4 is 51.1 Å². The molecule has 0 saturated heterocycles. The van der Waals surface area contributed by atoms with Crippen LogP contribution in [0.15, 0.2) is 58.6 Å². The maximum Gasteiger partial charge on any atom is 0.262 e. The summed E-state index contributed by atoms with van der Waals surface area (Å²) in [6.45, 7) is 0.395. The molecule has 3 aromatic carbocycles. The van der Waals surface area contributed by atoms with Crippen molar-refractivity contribution in [2.24, 2.45) is 0 Å². The largest absolute Gasteiger partial charge is 0.497 e. The Bertz CT molecular complexity index is 1370. The van der Waals surface area contributed by atoms with Crippen molar-refractivity contribution in [1.29, 1.82) is 5.26 Å². The molecule has 0 heterocycles. The Labute approximate surface area is 233 Å². The van der Waals surface area contributed by atoms with Crippen molar-refractivity contribution in [1.82, 2.24) is 5.32 Å². The van der Waals surface area contributed by atoms with E-state index in [4.69, 9.17) is 42.1 Å². The van der Waals surface area contributed by atoms with Crippen molar-refractivity contribution in [3.05, 3.63) is 85.3 Å². The average molecular weight is 606 g/mol. The summed E-state index contributed by atoms with van der Waals surface area (Å²) >= 11 is 15.5. The predicted octanol–water partition coefficient (Wildman–Crippen LogP) is 6.58. The van der Waals surface area contributed by atoms with E-state index >= 15 is 0 Å². The Hall–Kier alpha value is -3.38. The second kappa shape index (κ2) is 13.2. The van der Waals surface area contributed by atoms with E-state index in [0.717, 1.165) is 11.1 Å². The molecule has 0 aliphatic heterocycles. The third kappa shape index (κ3) is 7.32. The van der Waals surface area contributed by atoms with Gasteiger partial charge in [-0.15, -0.1) is 0 Å². The summed E-state index contributed by atoms with van der Waals surface area (Å²) < 4.78 is 22.5. The zero-order chi connectivity index (χ0) is 26.9. The van der Waals surface area contributed by atoms with Crippen LogP contribution in [0, 0.1) is 11.3 Å². The van der Waals surface area contributed by atoms with Crippen molar-refractivity contribution in [2.75, 3.05) is 21.3 Å². The number of carbonyl (C=O) groups is 1. The number of carbonyl (C=O) groups excluding carboxylic acids is 1. The first-order valence-electron chi connectivity index (χ1n) is 10.8. The standard InChI is InChI=1S/C27H23BrCl2N2O5/c1-34-20-6-5-17(24(11-20)35-2)14-32-27(33)19(13-31)9-18-10-25(36-3)26(12-21(18)28)37-15-16-4-7-22(29)23(30)8-16/h4-12H,14-15H2,1-3H3,(H,32,33)/b19-9+. The molecule has 0 unspecified atom stereocenters. The summed E-state index contributed by atoms with van der Waals surface area (Å²) in [5, 5.41) is 13.3. The van der Waals surface area contributed by atoms with Crippen molar-refractivity contribution < 1.29 is 23.7 Å². The molecule has 7 nitrogen and oxygen atoms in total. The van der Waals surface area contributed by atoms with Gasteiger partial charge in [0.1, 0.15) is 29.7 Å². The molecular formula is C27H23BrCl2N2O5. The molecule has 0 fully saturated rings. The van der Waals surface area contributed by atoms with Crippen LogP contribution in [0.4, 0.5) is 0 Å². The minimum atomic E-state index is -0.536. The molecule has 0 aromatic heterocycles. The Morgan fingerprint density at radius 2 is 1.73 bits per heavy atom. The van der Waals surface area contributed by atoms with Gasteiger partial charge in [-0.05, 0) is 53.6 Å². The highest BCUT2D eigenvalue weighted by molar-refractivity contribution is 9.10. The van der Waals surface area contributed by atoms with E-state index in [1.165, 1.54) is 20.3 Å². The van der Waals surface area contributed by atoms with Gasteiger partial charge in [-0.2, -0.15) is 5.26 Å². The topological polar surface area (TPSA) is 89.8 Å². The Kier molecular flexibility index (Phi) is 10.1. The van der Waals surface area contributed by atoms with Crippen LogP contribution in [0.2, 0.25) is 10.0 Å². The summed E-state index contributed by atoms with van der Waals surface area (Å²) in [6, 6.07) is 15.8. The van der Waals surface area contributed by atoms with Gasteiger partial charge in [0, 0.05) is 22.6 Å². The third-order valence-corrected chi connectivity index (χ3v) is 6.69. The van der Waals surface area contributed by atoms with Crippen LogP contribution in [0.5, 0.6) is 23.0 Å². The number of halogens is 3. The van der Waals surface area contributed by atoms with Crippen molar-refractivity contribution in [2.45, 2.75) is 13.2 Å². The number of nitrogens with zero attached hydrogens (tertiary/aromatic N) is 1. The third-order valence-electron chi connectivity index (χ3n) is 5.26. The van der Waals surface area contributed by atoms with E-state index in [0.29, 0.717) is 43.1 Å². The fraction of sp³-hybridized carbons (Fsp3) is 0.185. The van der Waals surface area contributed by atoms with Gasteiger partial charge in [0.2, 0.25) is 0 Å². The second-order valence-electron chi connectivity index (χ2n) is 7.59. The van der Waals surface area contributed by atoms with Crippen LogP contribution in [0.1, 0.15) is 16.7 Å². The van der Waals surface area contributed by atoms with Crippen molar-refractivity contribution in [3.8, 4) is 29.1 Å². The van der Waals surface area contributed by atoms with Crippen LogP contribution in [0.3, 0.4) is 0 Å². The first-order chi connectivity index (χ1) is 17.8. The molecule has 0 spiro atoms. The molecule has 37 heavy (non-hydrogen) atoms. The molecule has 0 atom stereocenters. The van der Waals surface area contributed by atoms with Crippen molar-refractivity contribution in [3.63, 3.8) is 0 Å². The molecule has 3 rings (SSSR count). The molecule has 0 aliphatic rings. The molecule has 0 aliphatic carbocycles. The number of nitriles is 1. The van der Waals surface area contributed by atoms with Gasteiger partial charge in [0.15, 0.2) is 11.5 Å². The lowest BCUT2D eigenvalue weighted by Gasteiger charge is -2.14. The van der Waals surface area contributed by atoms with Gasteiger partial charge in [-0.3, -0.25) is 4.79 Å². The molecule has 0 bridgehead atoms. The van der Waals surface area contributed by atoms with Crippen LogP contribution in [-0.4, -0.2) is 27.2 Å². The van der Waals surface area contributed by atoms with Gasteiger partial charge in [0.05, 0.1) is 31.4 Å². The molecular weight excluding hydrogens is 583 g/mol. The first-order valence-corrected chi connectivity index (χ1v) is 12.4. The van der Waals surface area contributed by atoms with Gasteiger partial charge in [-0.1, -0.05) is 45.2 Å². The lowest BCUT2D eigenvalue weighted by atomic mass is 10.1. The van der Waals surface area contributed by atoms with Gasteiger partial charge < -0.3 is 24.3 Å². The number of rotatable bonds is 10. The quantitative estimate of drug-likeness (QED) is 0.207. The van der Waals surface area contributed by atoms with E-state index in [2.05, 4.69) is 21.2 Å². The fourth-order valence-electron chi connectivity index (χ4n) is 3.30. The smallest absolute Gasteiger partial charge is 0.262 e. The van der Waals surface area contributed by atoms with Crippen LogP contribution in [0.25, 0.3) is 6.08 Å². The lowest BCUT2D eigenvalue weighted by Crippen LogP contribution is -2.24. The van der Waals surface area contributed by atoms with Gasteiger partial charge in [0.25, 0.3) is 5.91 Å². The summed E-state index contributed by atoms with van der Waals surface area (Å²) in [6.07, 6.45) is 1.47. The SMILES string of the molecule is COc1ccc(CNC(=O)/C(C#N)=C/c2cc(OC)c(OCc3ccc(Cl)c(Cl)c3)cc2Br)c(OC)c1. The number of benzene rings is 3. The number of nitrogens with one attached hydrogen (secondary N) is 1. The Morgan fingerprint density at radius 1 is 0.973 bits per heavy atom. The van der Waals surface area contributed by atoms with E-state index in [1.54, 1.807) is 49.6 Å². The minimum absolute atomic E-state index is 0.0836. The molecule has 0 saturated carbocycles. The van der Waals surface area contributed by atoms with Gasteiger partial charge in [-0.25, -0.2) is 0 Å². The van der Waals surface area contributed by atoms with E-state index in [9.17, 15) is 10.1 Å². The van der Waals surface area contributed by atoms with E-state index < -0.39 is 5.91 Å². The minimum Gasteiger partial charge on any atom is -0.497 e. The van der Waals surface area contributed by atoms with Crippen LogP contribution >= 0.6 is 39.1 Å². The lowest BCUT2D eigenvalue weighted by molar-refractivity contribution is -0.117. The summed E-state index contributed by atoms with van der Waals surface area (Å²) in [5.41, 5.74) is 2.04. The number of ether oxygens (including phenoxy) is 4. The highest BCUT2D eigenvalue weighted by Crippen LogP contribution is 2.35. The number of methoxy groups -OCH3 is 3. The molecule has 192 valence electrons. The molecule has 3 aromatic rings. The van der Waals surface area contributed by atoms with E-state index in [-0.39, 0.29) is 18.7 Å². The monoisotopic (exact) mass is 604 g/mol.